The number of hydrogen-bond acceptors (Lipinski definition) is 5. The van der Waals surface area contributed by atoms with Gasteiger partial charge in [-0.15, -0.1) is 0 Å². The summed E-state index contributed by atoms with van der Waals surface area (Å²) in [6.45, 7) is 0.246. The van der Waals surface area contributed by atoms with E-state index in [2.05, 4.69) is 17.4 Å². The minimum absolute atomic E-state index is 0.142. The zero-order chi connectivity index (χ0) is 29.7. The van der Waals surface area contributed by atoms with E-state index in [4.69, 9.17) is 21.1 Å². The van der Waals surface area contributed by atoms with E-state index in [0.29, 0.717) is 27.8 Å². The van der Waals surface area contributed by atoms with Crippen LogP contribution < -0.4 is 19.7 Å². The van der Waals surface area contributed by atoms with E-state index >= 15 is 0 Å². The third-order valence-corrected chi connectivity index (χ3v) is 10.1. The Labute approximate surface area is 255 Å². The Hall–Kier alpha value is -4.10. The number of carbonyl (C=O) groups is 3. The van der Waals surface area contributed by atoms with Gasteiger partial charge in [0, 0.05) is 10.6 Å². The SMILES string of the molecule is COc1cc(/C=C2/C(=O)NC(=O)N(c3ccc(C45CC6CC(CC(C6)C4)C5)cc3)C2=O)ccc1OCc1ccccc1Cl. The van der Waals surface area contributed by atoms with Crippen LogP contribution in [0.1, 0.15) is 55.2 Å². The van der Waals surface area contributed by atoms with Gasteiger partial charge in [0.05, 0.1) is 12.8 Å². The molecule has 0 atom stereocenters. The van der Waals surface area contributed by atoms with Crippen LogP contribution in [0.3, 0.4) is 0 Å². The predicted octanol–water partition coefficient (Wildman–Crippen LogP) is 7.06. The lowest BCUT2D eigenvalue weighted by atomic mass is 9.48. The van der Waals surface area contributed by atoms with Crippen LogP contribution in [0, 0.1) is 17.8 Å². The minimum Gasteiger partial charge on any atom is -0.493 e. The topological polar surface area (TPSA) is 84.9 Å². The van der Waals surface area contributed by atoms with E-state index in [1.54, 1.807) is 24.3 Å². The molecule has 1 aliphatic heterocycles. The summed E-state index contributed by atoms with van der Waals surface area (Å²) in [5.41, 5.74) is 3.19. The molecule has 1 N–H and O–H groups in total. The van der Waals surface area contributed by atoms with Crippen LogP contribution in [-0.4, -0.2) is 25.0 Å². The Morgan fingerprint density at radius 2 is 1.58 bits per heavy atom. The van der Waals surface area contributed by atoms with Crippen LogP contribution >= 0.6 is 11.6 Å². The Morgan fingerprint density at radius 1 is 0.907 bits per heavy atom. The van der Waals surface area contributed by atoms with E-state index in [9.17, 15) is 14.4 Å². The fourth-order valence-electron chi connectivity index (χ4n) is 8.15. The predicted molar refractivity (Wildman–Crippen MR) is 164 cm³/mol. The third kappa shape index (κ3) is 5.10. The first-order valence-corrected chi connectivity index (χ1v) is 15.3. The van der Waals surface area contributed by atoms with Crippen molar-refractivity contribution in [2.24, 2.45) is 17.8 Å². The van der Waals surface area contributed by atoms with Gasteiger partial charge in [-0.2, -0.15) is 0 Å². The van der Waals surface area contributed by atoms with Gasteiger partial charge in [0.1, 0.15) is 12.2 Å². The maximum atomic E-state index is 13.6. The van der Waals surface area contributed by atoms with Gasteiger partial charge in [-0.1, -0.05) is 48.0 Å². The summed E-state index contributed by atoms with van der Waals surface area (Å²) in [6, 6.07) is 19.6. The van der Waals surface area contributed by atoms with Crippen molar-refractivity contribution in [1.82, 2.24) is 5.32 Å². The number of nitrogens with one attached hydrogen (secondary N) is 1. The first-order chi connectivity index (χ1) is 20.8. The number of anilines is 1. The number of urea groups is 1. The van der Waals surface area contributed by atoms with Crippen LogP contribution in [0.2, 0.25) is 5.02 Å². The van der Waals surface area contributed by atoms with Gasteiger partial charge < -0.3 is 9.47 Å². The molecule has 4 saturated carbocycles. The van der Waals surface area contributed by atoms with Crippen molar-refractivity contribution in [2.75, 3.05) is 12.0 Å². The number of rotatable bonds is 7. The fourth-order valence-corrected chi connectivity index (χ4v) is 8.34. The molecule has 8 rings (SSSR count). The molecular weight excluding hydrogens is 564 g/mol. The zero-order valence-electron chi connectivity index (χ0n) is 24.0. The van der Waals surface area contributed by atoms with Gasteiger partial charge in [-0.05, 0) is 109 Å². The molecule has 7 nitrogen and oxygen atoms in total. The van der Waals surface area contributed by atoms with E-state index in [0.717, 1.165) is 28.2 Å². The Bertz CT molecular complexity index is 1610. The molecule has 4 aliphatic carbocycles. The number of barbiturate groups is 1. The lowest BCUT2D eigenvalue weighted by Gasteiger charge is -2.57. The molecule has 0 unspecified atom stereocenters. The molecule has 8 heteroatoms. The van der Waals surface area contributed by atoms with Crippen molar-refractivity contribution in [3.05, 3.63) is 94.0 Å². The number of amides is 4. The van der Waals surface area contributed by atoms with Crippen molar-refractivity contribution in [3.8, 4) is 11.5 Å². The molecule has 0 aromatic heterocycles. The summed E-state index contributed by atoms with van der Waals surface area (Å²) in [6.07, 6.45) is 9.26. The lowest BCUT2D eigenvalue weighted by Crippen LogP contribution is -2.54. The van der Waals surface area contributed by atoms with Gasteiger partial charge in [-0.25, -0.2) is 9.69 Å². The average Bonchev–Trinajstić information content (AvgIpc) is 2.98. The molecule has 5 fully saturated rings. The molecule has 5 aliphatic rings. The van der Waals surface area contributed by atoms with Crippen molar-refractivity contribution in [2.45, 2.75) is 50.5 Å². The monoisotopic (exact) mass is 596 g/mol. The Kier molecular flexibility index (Phi) is 7.01. The number of carbonyl (C=O) groups excluding carboxylic acids is 3. The lowest BCUT2D eigenvalue weighted by molar-refractivity contribution is -0.122. The number of nitrogens with zero attached hydrogens (tertiary/aromatic N) is 1. The molecular formula is C35H33ClN2O5. The van der Waals surface area contributed by atoms with Crippen LogP contribution in [0.15, 0.2) is 72.3 Å². The zero-order valence-corrected chi connectivity index (χ0v) is 24.7. The number of methoxy groups -OCH3 is 1. The molecule has 4 bridgehead atoms. The van der Waals surface area contributed by atoms with E-state index in [1.165, 1.54) is 57.3 Å². The summed E-state index contributed by atoms with van der Waals surface area (Å²) in [5.74, 6) is 1.96. The summed E-state index contributed by atoms with van der Waals surface area (Å²) >= 11 is 6.25. The summed E-state index contributed by atoms with van der Waals surface area (Å²) in [7, 11) is 1.51. The summed E-state index contributed by atoms with van der Waals surface area (Å²) in [4.78, 5) is 40.3. The van der Waals surface area contributed by atoms with Crippen molar-refractivity contribution >= 4 is 41.2 Å². The van der Waals surface area contributed by atoms with Crippen molar-refractivity contribution < 1.29 is 23.9 Å². The van der Waals surface area contributed by atoms with Crippen LogP contribution in [-0.2, 0) is 21.6 Å². The molecule has 0 radical (unpaired) electrons. The largest absolute Gasteiger partial charge is 0.493 e. The standard InChI is InChI=1S/C35H33ClN2O5/c1-42-31-16-21(6-11-30(31)43-20-25-4-2-3-5-29(25)36)15-28-32(39)37-34(41)38(33(28)40)27-9-7-26(8-10-27)35-17-22-12-23(18-35)14-24(13-22)19-35/h2-11,15-16,22-24H,12-14,17-20H2,1H3,(H,37,39,41)/b28-15-. The van der Waals surface area contributed by atoms with Gasteiger partial charge >= 0.3 is 6.03 Å². The maximum Gasteiger partial charge on any atom is 0.335 e. The third-order valence-electron chi connectivity index (χ3n) is 9.72. The second-order valence-corrected chi connectivity index (χ2v) is 12.9. The summed E-state index contributed by atoms with van der Waals surface area (Å²) in [5, 5.41) is 2.93. The van der Waals surface area contributed by atoms with Crippen LogP contribution in [0.4, 0.5) is 10.5 Å². The first kappa shape index (κ1) is 27.7. The molecule has 220 valence electrons. The number of hydrogen-bond donors (Lipinski definition) is 1. The highest BCUT2D eigenvalue weighted by Crippen LogP contribution is 2.60. The highest BCUT2D eigenvalue weighted by atomic mass is 35.5. The normalized spacial score (nSPS) is 27.0. The van der Waals surface area contributed by atoms with Gasteiger partial charge in [0.2, 0.25) is 0 Å². The smallest absolute Gasteiger partial charge is 0.335 e. The highest BCUT2D eigenvalue weighted by molar-refractivity contribution is 6.39. The number of imide groups is 2. The first-order valence-electron chi connectivity index (χ1n) is 14.9. The molecule has 1 heterocycles. The van der Waals surface area contributed by atoms with Gasteiger partial charge in [0.15, 0.2) is 11.5 Å². The van der Waals surface area contributed by atoms with Crippen LogP contribution in [0.25, 0.3) is 6.08 Å². The molecule has 0 spiro atoms. The Morgan fingerprint density at radius 3 is 2.23 bits per heavy atom. The number of benzene rings is 3. The fraction of sp³-hybridized carbons (Fsp3) is 0.343. The molecule has 3 aromatic carbocycles. The van der Waals surface area contributed by atoms with Gasteiger partial charge in [-0.3, -0.25) is 14.9 Å². The van der Waals surface area contributed by atoms with Crippen LogP contribution in [0.5, 0.6) is 11.5 Å². The maximum absolute atomic E-state index is 13.6. The number of halogens is 1. The molecule has 43 heavy (non-hydrogen) atoms. The number of ether oxygens (including phenoxy) is 2. The second kappa shape index (κ2) is 10.9. The van der Waals surface area contributed by atoms with E-state index in [-0.39, 0.29) is 17.6 Å². The average molecular weight is 597 g/mol. The quantitative estimate of drug-likeness (QED) is 0.233. The van der Waals surface area contributed by atoms with Gasteiger partial charge in [0.25, 0.3) is 11.8 Å². The van der Waals surface area contributed by atoms with E-state index < -0.39 is 17.8 Å². The molecule has 1 saturated heterocycles. The highest BCUT2D eigenvalue weighted by Gasteiger charge is 2.51. The molecule has 4 amide bonds. The van der Waals surface area contributed by atoms with E-state index in [1.807, 2.05) is 30.3 Å². The van der Waals surface area contributed by atoms with Crippen molar-refractivity contribution in [3.63, 3.8) is 0 Å². The van der Waals surface area contributed by atoms with Crippen molar-refractivity contribution in [1.29, 1.82) is 0 Å². The summed E-state index contributed by atoms with van der Waals surface area (Å²) < 4.78 is 11.4. The second-order valence-electron chi connectivity index (χ2n) is 12.5. The Balaban J connectivity index is 1.11. The minimum atomic E-state index is -0.754. The molecule has 3 aromatic rings.